The average molecular weight is 501 g/mol. The second-order valence-electron chi connectivity index (χ2n) is 9.60. The third-order valence-electron chi connectivity index (χ3n) is 6.79. The first-order valence-electron chi connectivity index (χ1n) is 13.4. The summed E-state index contributed by atoms with van der Waals surface area (Å²) in [5.41, 5.74) is 0.940. The second-order valence-corrected chi connectivity index (χ2v) is 9.60. The number of benzene rings is 2. The van der Waals surface area contributed by atoms with E-state index in [0.29, 0.717) is 19.4 Å². The van der Waals surface area contributed by atoms with E-state index in [4.69, 9.17) is 9.47 Å². The molecule has 36 heavy (non-hydrogen) atoms. The maximum atomic E-state index is 15.1. The quantitative estimate of drug-likeness (QED) is 0.149. The summed E-state index contributed by atoms with van der Waals surface area (Å²) in [5.74, 6) is -3.37. The second kappa shape index (κ2) is 14.1. The first kappa shape index (κ1) is 27.8. The minimum atomic E-state index is -1.02. The van der Waals surface area contributed by atoms with E-state index in [9.17, 15) is 14.0 Å². The Morgan fingerprint density at radius 3 is 2.31 bits per heavy atom. The summed E-state index contributed by atoms with van der Waals surface area (Å²) >= 11 is 0. The van der Waals surface area contributed by atoms with Gasteiger partial charge in [0.25, 0.3) is 0 Å². The van der Waals surface area contributed by atoms with Gasteiger partial charge in [0.1, 0.15) is 5.75 Å². The van der Waals surface area contributed by atoms with Crippen LogP contribution >= 0.6 is 0 Å². The molecule has 0 aromatic heterocycles. The summed E-state index contributed by atoms with van der Waals surface area (Å²) in [5, 5.41) is 0. The van der Waals surface area contributed by atoms with Crippen LogP contribution in [0.4, 0.5) is 8.78 Å². The molecule has 0 radical (unpaired) electrons. The molecule has 0 bridgehead atoms. The zero-order chi connectivity index (χ0) is 25.9. The van der Waals surface area contributed by atoms with Gasteiger partial charge in [-0.15, -0.1) is 0 Å². The maximum Gasteiger partial charge on any atom is 0.311 e. The lowest BCUT2D eigenvalue weighted by atomic mass is 9.78. The van der Waals surface area contributed by atoms with Crippen molar-refractivity contribution in [3.8, 4) is 11.5 Å². The molecular formula is C30H38F2O4. The fourth-order valence-corrected chi connectivity index (χ4v) is 4.68. The molecule has 0 amide bonds. The van der Waals surface area contributed by atoms with Crippen molar-refractivity contribution in [1.29, 1.82) is 0 Å². The molecular weight excluding hydrogens is 462 g/mol. The van der Waals surface area contributed by atoms with Crippen LogP contribution in [0.15, 0.2) is 30.3 Å². The van der Waals surface area contributed by atoms with Gasteiger partial charge in [-0.3, -0.25) is 9.59 Å². The lowest BCUT2D eigenvalue weighted by Gasteiger charge is -2.25. The van der Waals surface area contributed by atoms with Gasteiger partial charge in [0.05, 0.1) is 6.61 Å². The van der Waals surface area contributed by atoms with Gasteiger partial charge >= 0.3 is 5.97 Å². The number of hydrogen-bond acceptors (Lipinski definition) is 4. The first-order chi connectivity index (χ1) is 17.5. The number of rotatable bonds is 14. The van der Waals surface area contributed by atoms with Crippen LogP contribution in [-0.2, 0) is 11.2 Å². The highest BCUT2D eigenvalue weighted by atomic mass is 19.1. The van der Waals surface area contributed by atoms with Crippen LogP contribution < -0.4 is 9.47 Å². The molecule has 6 heteroatoms. The first-order valence-corrected chi connectivity index (χ1v) is 13.4. The number of Topliss-reactive ketones (excluding diaryl/α,β-unsaturated/α-hetero) is 1. The van der Waals surface area contributed by atoms with Crippen LogP contribution in [0, 0.1) is 11.6 Å². The predicted molar refractivity (Wildman–Crippen MR) is 137 cm³/mol. The number of fused-ring (bicyclic) bond motifs is 1. The Hall–Kier alpha value is -2.76. The van der Waals surface area contributed by atoms with Gasteiger partial charge in [-0.2, -0.15) is 0 Å². The molecule has 0 N–H and O–H groups in total. The number of hydrogen-bond donors (Lipinski definition) is 0. The minimum Gasteiger partial charge on any atom is -0.494 e. The fraction of sp³-hybridized carbons (Fsp3) is 0.533. The molecule has 0 saturated carbocycles. The largest absolute Gasteiger partial charge is 0.494 e. The van der Waals surface area contributed by atoms with E-state index in [2.05, 4.69) is 13.8 Å². The molecule has 3 rings (SSSR count). The molecule has 1 atom stereocenters. The van der Waals surface area contributed by atoms with Crippen LogP contribution in [0.3, 0.4) is 0 Å². The molecule has 0 fully saturated rings. The number of ether oxygens (including phenoxy) is 2. The summed E-state index contributed by atoms with van der Waals surface area (Å²) in [4.78, 5) is 25.3. The van der Waals surface area contributed by atoms with Gasteiger partial charge < -0.3 is 9.47 Å². The minimum absolute atomic E-state index is 0.0249. The Morgan fingerprint density at radius 1 is 0.944 bits per heavy atom. The summed E-state index contributed by atoms with van der Waals surface area (Å²) in [7, 11) is 0. The zero-order valence-corrected chi connectivity index (χ0v) is 21.5. The van der Waals surface area contributed by atoms with E-state index >= 15 is 4.39 Å². The van der Waals surface area contributed by atoms with Crippen LogP contribution in [0.1, 0.15) is 112 Å². The number of unbranched alkanes of at least 4 members (excludes halogenated alkanes) is 7. The molecule has 0 aliphatic heterocycles. The Morgan fingerprint density at radius 2 is 1.61 bits per heavy atom. The Labute approximate surface area is 213 Å². The van der Waals surface area contributed by atoms with Gasteiger partial charge in [0.15, 0.2) is 17.4 Å². The third kappa shape index (κ3) is 7.37. The summed E-state index contributed by atoms with van der Waals surface area (Å²) in [6, 6.07) is 8.38. The fourth-order valence-electron chi connectivity index (χ4n) is 4.68. The number of halogens is 2. The summed E-state index contributed by atoms with van der Waals surface area (Å²) in [6.07, 6.45) is 9.97. The maximum absolute atomic E-state index is 15.1. The molecule has 0 spiro atoms. The molecule has 1 aliphatic carbocycles. The van der Waals surface area contributed by atoms with Crippen LogP contribution in [0.5, 0.6) is 11.5 Å². The lowest BCUT2D eigenvalue weighted by molar-refractivity contribution is -0.134. The van der Waals surface area contributed by atoms with E-state index in [1.165, 1.54) is 12.8 Å². The predicted octanol–water partition coefficient (Wildman–Crippen LogP) is 8.10. The Kier molecular flexibility index (Phi) is 10.9. The highest BCUT2D eigenvalue weighted by molar-refractivity contribution is 6.03. The Bertz CT molecular complexity index is 1020. The SMILES string of the molecule is CCCCCCCC(=O)Oc1c(F)cc2c(c1F)CCC(c1ccc(OCCCCCC)cc1)C2=O. The van der Waals surface area contributed by atoms with Crippen LogP contribution in [0.2, 0.25) is 0 Å². The number of ketones is 1. The van der Waals surface area contributed by atoms with Gasteiger partial charge in [0.2, 0.25) is 5.75 Å². The lowest BCUT2D eigenvalue weighted by Crippen LogP contribution is -2.23. The molecule has 4 nitrogen and oxygen atoms in total. The van der Waals surface area contributed by atoms with Crippen molar-refractivity contribution in [3.63, 3.8) is 0 Å². The molecule has 196 valence electrons. The zero-order valence-electron chi connectivity index (χ0n) is 21.5. The van der Waals surface area contributed by atoms with Gasteiger partial charge in [0, 0.05) is 23.5 Å². The highest BCUT2D eigenvalue weighted by Gasteiger charge is 2.33. The van der Waals surface area contributed by atoms with Gasteiger partial charge in [-0.1, -0.05) is 70.9 Å². The van der Waals surface area contributed by atoms with Crippen LogP contribution in [0.25, 0.3) is 0 Å². The van der Waals surface area contributed by atoms with E-state index in [-0.39, 0.29) is 29.8 Å². The number of esters is 1. The van der Waals surface area contributed by atoms with Crippen molar-refractivity contribution in [3.05, 3.63) is 58.7 Å². The summed E-state index contributed by atoms with van der Waals surface area (Å²) < 4.78 is 40.7. The van der Waals surface area contributed by atoms with Gasteiger partial charge in [-0.05, 0) is 49.4 Å². The average Bonchev–Trinajstić information content (AvgIpc) is 2.87. The molecule has 2 aromatic rings. The molecule has 2 aromatic carbocycles. The summed E-state index contributed by atoms with van der Waals surface area (Å²) in [6.45, 7) is 4.92. The van der Waals surface area contributed by atoms with Crippen molar-refractivity contribution in [2.24, 2.45) is 0 Å². The molecule has 0 heterocycles. The van der Waals surface area contributed by atoms with E-state index in [0.717, 1.165) is 55.9 Å². The van der Waals surface area contributed by atoms with E-state index < -0.39 is 29.3 Å². The van der Waals surface area contributed by atoms with Crippen molar-refractivity contribution < 1.29 is 27.8 Å². The van der Waals surface area contributed by atoms with Crippen molar-refractivity contribution in [2.75, 3.05) is 6.61 Å². The molecule has 1 unspecified atom stereocenters. The van der Waals surface area contributed by atoms with Crippen molar-refractivity contribution in [1.82, 2.24) is 0 Å². The molecule has 0 saturated heterocycles. The standard InChI is InChI=1S/C30H38F2O4/c1-3-5-7-9-10-12-27(33)36-30-26(31)20-25-24(28(30)32)18-17-23(29(25)34)21-13-15-22(16-14-21)35-19-11-8-6-4-2/h13-16,20,23H,3-12,17-19H2,1-2H3. The van der Waals surface area contributed by atoms with Crippen LogP contribution in [-0.4, -0.2) is 18.4 Å². The smallest absolute Gasteiger partial charge is 0.311 e. The van der Waals surface area contributed by atoms with E-state index in [1.54, 1.807) is 0 Å². The monoisotopic (exact) mass is 500 g/mol. The normalized spacial score (nSPS) is 15.0. The number of carbonyl (C=O) groups excluding carboxylic acids is 2. The third-order valence-corrected chi connectivity index (χ3v) is 6.79. The molecule has 1 aliphatic rings. The van der Waals surface area contributed by atoms with Crippen molar-refractivity contribution in [2.45, 2.75) is 96.8 Å². The highest BCUT2D eigenvalue weighted by Crippen LogP contribution is 2.38. The Balaban J connectivity index is 1.63. The topological polar surface area (TPSA) is 52.6 Å². The number of carbonyl (C=O) groups is 2. The van der Waals surface area contributed by atoms with Gasteiger partial charge in [-0.25, -0.2) is 8.78 Å². The van der Waals surface area contributed by atoms with Crippen molar-refractivity contribution >= 4 is 11.8 Å². The van der Waals surface area contributed by atoms with E-state index in [1.807, 2.05) is 24.3 Å².